The van der Waals surface area contributed by atoms with Crippen molar-refractivity contribution in [2.45, 2.75) is 43.0 Å². The molecule has 0 saturated carbocycles. The summed E-state index contributed by atoms with van der Waals surface area (Å²) < 4.78 is 0. The van der Waals surface area contributed by atoms with E-state index in [0.29, 0.717) is 12.1 Å². The largest absolute Gasteiger partial charge is 0.339 e. The van der Waals surface area contributed by atoms with Gasteiger partial charge in [-0.25, -0.2) is 4.98 Å². The molecule has 2 aliphatic heterocycles. The van der Waals surface area contributed by atoms with Gasteiger partial charge in [0.1, 0.15) is 0 Å². The highest BCUT2D eigenvalue weighted by Gasteiger charge is 2.26. The minimum Gasteiger partial charge on any atom is -0.339 e. The predicted octanol–water partition coefficient (Wildman–Crippen LogP) is 3.44. The average molecular weight is 402 g/mol. The topological polar surface area (TPSA) is 53.5 Å². The standard InChI is InChI=1S/C20H23N3O2S2/c1-14(19(24)23-10-6-17-16(13-23)7-11-26-17)27-18-5-4-15(12-21-18)20(25)22-8-2-3-9-22/h4-5,7,11-12,14H,2-3,6,8-10,13H2,1H3. The summed E-state index contributed by atoms with van der Waals surface area (Å²) in [5.74, 6) is 0.205. The van der Waals surface area contributed by atoms with Crippen LogP contribution in [0, 0.1) is 0 Å². The van der Waals surface area contributed by atoms with Crippen LogP contribution in [0.3, 0.4) is 0 Å². The van der Waals surface area contributed by atoms with Gasteiger partial charge in [-0.15, -0.1) is 11.3 Å². The van der Waals surface area contributed by atoms with Crippen molar-refractivity contribution < 1.29 is 9.59 Å². The van der Waals surface area contributed by atoms with Gasteiger partial charge in [0.15, 0.2) is 0 Å². The molecule has 1 atom stereocenters. The summed E-state index contributed by atoms with van der Waals surface area (Å²) in [6.45, 7) is 5.10. The number of hydrogen-bond donors (Lipinski definition) is 0. The number of hydrogen-bond acceptors (Lipinski definition) is 5. The van der Waals surface area contributed by atoms with Crippen LogP contribution in [0.1, 0.15) is 40.6 Å². The molecule has 1 fully saturated rings. The Morgan fingerprint density at radius 3 is 2.70 bits per heavy atom. The van der Waals surface area contributed by atoms with Gasteiger partial charge in [0.25, 0.3) is 5.91 Å². The number of thioether (sulfide) groups is 1. The molecule has 2 aliphatic rings. The lowest BCUT2D eigenvalue weighted by Crippen LogP contribution is -2.39. The van der Waals surface area contributed by atoms with Gasteiger partial charge in [0.05, 0.1) is 15.8 Å². The van der Waals surface area contributed by atoms with E-state index < -0.39 is 0 Å². The number of pyridine rings is 1. The van der Waals surface area contributed by atoms with E-state index in [1.807, 2.05) is 28.9 Å². The molecule has 1 saturated heterocycles. The van der Waals surface area contributed by atoms with Crippen molar-refractivity contribution in [2.24, 2.45) is 0 Å². The van der Waals surface area contributed by atoms with Crippen molar-refractivity contribution in [1.82, 2.24) is 14.8 Å². The van der Waals surface area contributed by atoms with E-state index in [1.165, 1.54) is 22.2 Å². The van der Waals surface area contributed by atoms with E-state index in [1.54, 1.807) is 17.5 Å². The van der Waals surface area contributed by atoms with Crippen LogP contribution in [0.15, 0.2) is 34.8 Å². The first-order valence-electron chi connectivity index (χ1n) is 9.38. The molecule has 5 nitrogen and oxygen atoms in total. The summed E-state index contributed by atoms with van der Waals surface area (Å²) in [4.78, 5) is 34.8. The average Bonchev–Trinajstić information content (AvgIpc) is 3.38. The van der Waals surface area contributed by atoms with Crippen molar-refractivity contribution in [3.05, 3.63) is 45.8 Å². The quantitative estimate of drug-likeness (QED) is 0.737. The number of thiophene rings is 1. The summed E-state index contributed by atoms with van der Waals surface area (Å²) in [6.07, 6.45) is 4.74. The van der Waals surface area contributed by atoms with E-state index in [2.05, 4.69) is 16.4 Å². The Morgan fingerprint density at radius 2 is 1.96 bits per heavy atom. The fraction of sp³-hybridized carbons (Fsp3) is 0.450. The molecule has 0 N–H and O–H groups in total. The highest BCUT2D eigenvalue weighted by atomic mass is 32.2. The summed E-state index contributed by atoms with van der Waals surface area (Å²) in [5.41, 5.74) is 1.90. The molecule has 2 amide bonds. The molecular formula is C20H23N3O2S2. The van der Waals surface area contributed by atoms with Crippen molar-refractivity contribution in [2.75, 3.05) is 19.6 Å². The Bertz CT molecular complexity index is 828. The second kappa shape index (κ2) is 8.02. The monoisotopic (exact) mass is 401 g/mol. The van der Waals surface area contributed by atoms with Crippen LogP contribution >= 0.6 is 23.1 Å². The van der Waals surface area contributed by atoms with Gasteiger partial charge in [-0.05, 0) is 55.3 Å². The number of amides is 2. The molecule has 142 valence electrons. The normalized spacial score (nSPS) is 17.7. The third-order valence-electron chi connectivity index (χ3n) is 5.14. The maximum Gasteiger partial charge on any atom is 0.255 e. The van der Waals surface area contributed by atoms with Crippen LogP contribution in [0.2, 0.25) is 0 Å². The number of likely N-dealkylation sites (tertiary alicyclic amines) is 1. The molecule has 0 spiro atoms. The molecule has 7 heteroatoms. The van der Waals surface area contributed by atoms with E-state index >= 15 is 0 Å². The predicted molar refractivity (Wildman–Crippen MR) is 108 cm³/mol. The number of nitrogens with zero attached hydrogens (tertiary/aromatic N) is 3. The zero-order valence-electron chi connectivity index (χ0n) is 15.4. The maximum absolute atomic E-state index is 12.8. The van der Waals surface area contributed by atoms with Crippen molar-refractivity contribution in [1.29, 1.82) is 0 Å². The molecule has 0 aromatic carbocycles. The SMILES string of the molecule is CC(Sc1ccc(C(=O)N2CCCC2)cn1)C(=O)N1CCc2sccc2C1. The minimum absolute atomic E-state index is 0.0561. The van der Waals surface area contributed by atoms with Crippen molar-refractivity contribution in [3.8, 4) is 0 Å². The lowest BCUT2D eigenvalue weighted by atomic mass is 10.1. The molecule has 4 heterocycles. The smallest absolute Gasteiger partial charge is 0.255 e. The van der Waals surface area contributed by atoms with Crippen LogP contribution in [-0.4, -0.2) is 51.5 Å². The van der Waals surface area contributed by atoms with Crippen LogP contribution in [0.5, 0.6) is 0 Å². The van der Waals surface area contributed by atoms with Gasteiger partial charge in [-0.1, -0.05) is 11.8 Å². The number of aromatic nitrogens is 1. The molecule has 0 radical (unpaired) electrons. The van der Waals surface area contributed by atoms with Gasteiger partial charge in [-0.2, -0.15) is 0 Å². The molecule has 4 rings (SSSR count). The van der Waals surface area contributed by atoms with E-state index in [-0.39, 0.29) is 17.1 Å². The minimum atomic E-state index is -0.196. The first-order chi connectivity index (χ1) is 13.1. The summed E-state index contributed by atoms with van der Waals surface area (Å²) >= 11 is 3.24. The fourth-order valence-electron chi connectivity index (χ4n) is 3.60. The van der Waals surface area contributed by atoms with Crippen LogP contribution < -0.4 is 0 Å². The third-order valence-corrected chi connectivity index (χ3v) is 7.20. The molecule has 0 bridgehead atoms. The Kier molecular flexibility index (Phi) is 5.50. The Hall–Kier alpha value is -1.86. The fourth-order valence-corrected chi connectivity index (χ4v) is 5.37. The van der Waals surface area contributed by atoms with Crippen LogP contribution in [0.4, 0.5) is 0 Å². The number of rotatable bonds is 4. The lowest BCUT2D eigenvalue weighted by Gasteiger charge is -2.29. The molecule has 2 aromatic rings. The number of carbonyl (C=O) groups excluding carboxylic acids is 2. The number of fused-ring (bicyclic) bond motifs is 1. The molecule has 2 aromatic heterocycles. The zero-order chi connectivity index (χ0) is 18.8. The third kappa shape index (κ3) is 4.04. The van der Waals surface area contributed by atoms with Gasteiger partial charge >= 0.3 is 0 Å². The first-order valence-corrected chi connectivity index (χ1v) is 11.1. The molecule has 1 unspecified atom stereocenters. The van der Waals surface area contributed by atoms with Crippen molar-refractivity contribution in [3.63, 3.8) is 0 Å². The van der Waals surface area contributed by atoms with E-state index in [9.17, 15) is 9.59 Å². The van der Waals surface area contributed by atoms with E-state index in [4.69, 9.17) is 0 Å². The second-order valence-corrected chi connectivity index (χ2v) is 9.39. The molecule has 0 aliphatic carbocycles. The van der Waals surface area contributed by atoms with Crippen LogP contribution in [0.25, 0.3) is 0 Å². The number of carbonyl (C=O) groups is 2. The van der Waals surface area contributed by atoms with Gasteiger partial charge < -0.3 is 9.80 Å². The summed E-state index contributed by atoms with van der Waals surface area (Å²) in [7, 11) is 0. The Morgan fingerprint density at radius 1 is 1.15 bits per heavy atom. The maximum atomic E-state index is 12.8. The summed E-state index contributed by atoms with van der Waals surface area (Å²) in [5, 5.41) is 2.69. The first kappa shape index (κ1) is 18.5. The lowest BCUT2D eigenvalue weighted by molar-refractivity contribution is -0.131. The van der Waals surface area contributed by atoms with Crippen molar-refractivity contribution >= 4 is 34.9 Å². The van der Waals surface area contributed by atoms with Gasteiger partial charge in [0, 0.05) is 37.3 Å². The van der Waals surface area contributed by atoms with Crippen LogP contribution in [-0.2, 0) is 17.8 Å². The van der Waals surface area contributed by atoms with E-state index in [0.717, 1.165) is 43.9 Å². The van der Waals surface area contributed by atoms with Gasteiger partial charge in [0.2, 0.25) is 5.91 Å². The molecular weight excluding hydrogens is 378 g/mol. The van der Waals surface area contributed by atoms with Gasteiger partial charge in [-0.3, -0.25) is 9.59 Å². The highest BCUT2D eigenvalue weighted by Crippen LogP contribution is 2.28. The summed E-state index contributed by atoms with van der Waals surface area (Å²) in [6, 6.07) is 5.80. The highest BCUT2D eigenvalue weighted by molar-refractivity contribution is 8.00. The Labute approximate surface area is 167 Å². The molecule has 27 heavy (non-hydrogen) atoms. The zero-order valence-corrected chi connectivity index (χ0v) is 17.0. The Balaban J connectivity index is 1.35. The second-order valence-electron chi connectivity index (χ2n) is 7.02.